The molecule has 8 rings (SSSR count). The number of fused-ring (bicyclic) bond motifs is 2. The molecule has 0 saturated carbocycles. The summed E-state index contributed by atoms with van der Waals surface area (Å²) in [6.45, 7) is 0. The Kier molecular flexibility index (Phi) is 4.70. The van der Waals surface area contributed by atoms with Crippen molar-refractivity contribution in [1.82, 2.24) is 0 Å². The molecule has 3 heterocycles. The Hall–Kier alpha value is -4.47. The number of ether oxygens (including phenoxy) is 3. The number of hydrogen-bond donors (Lipinski definition) is 0. The Labute approximate surface area is 221 Å². The van der Waals surface area contributed by atoms with Crippen molar-refractivity contribution in [3.63, 3.8) is 0 Å². The molecule has 6 heteroatoms. The van der Waals surface area contributed by atoms with Crippen molar-refractivity contribution in [3.8, 4) is 40.2 Å². The van der Waals surface area contributed by atoms with Gasteiger partial charge in [-0.15, -0.1) is 0 Å². The van der Waals surface area contributed by atoms with E-state index in [9.17, 15) is 0 Å². The zero-order valence-electron chi connectivity index (χ0n) is 20.2. The van der Waals surface area contributed by atoms with Crippen molar-refractivity contribution in [2.24, 2.45) is 0 Å². The lowest BCUT2D eigenvalue weighted by atomic mass is 9.62. The van der Waals surface area contributed by atoms with Gasteiger partial charge in [-0.25, -0.2) is 0 Å². The highest BCUT2D eigenvalue weighted by Crippen LogP contribution is 2.67. The van der Waals surface area contributed by atoms with Gasteiger partial charge in [0.2, 0.25) is 0 Å². The van der Waals surface area contributed by atoms with Gasteiger partial charge in [-0.1, -0.05) is 66.7 Å². The van der Waals surface area contributed by atoms with E-state index in [2.05, 4.69) is 12.1 Å². The fourth-order valence-corrected chi connectivity index (χ4v) is 6.93. The lowest BCUT2D eigenvalue weighted by Crippen LogP contribution is -2.38. The van der Waals surface area contributed by atoms with Crippen LogP contribution < -0.4 is 23.3 Å². The van der Waals surface area contributed by atoms with Crippen molar-refractivity contribution in [1.29, 1.82) is 0 Å². The molecular weight excluding hydrogens is 495 g/mol. The third kappa shape index (κ3) is 3.03. The lowest BCUT2D eigenvalue weighted by Gasteiger charge is -2.46. The first-order valence-corrected chi connectivity index (χ1v) is 13.8. The van der Waals surface area contributed by atoms with Crippen molar-refractivity contribution in [3.05, 3.63) is 138 Å². The molecule has 0 aromatic heterocycles. The van der Waals surface area contributed by atoms with Gasteiger partial charge in [-0.2, -0.15) is 0 Å². The van der Waals surface area contributed by atoms with Crippen LogP contribution in [-0.4, -0.2) is 6.35 Å². The summed E-state index contributed by atoms with van der Waals surface area (Å²) in [5.74, 6) is 5.26. The lowest BCUT2D eigenvalue weighted by molar-refractivity contribution is 0.339. The van der Waals surface area contributed by atoms with Gasteiger partial charge in [0.05, 0.1) is 16.5 Å². The van der Waals surface area contributed by atoms with Crippen LogP contribution in [0.5, 0.6) is 40.2 Å². The molecule has 3 aliphatic heterocycles. The summed E-state index contributed by atoms with van der Waals surface area (Å²) in [7, 11) is -1.51. The molecule has 0 saturated heterocycles. The Balaban J connectivity index is 1.41. The molecule has 5 nitrogen and oxygen atoms in total. The normalized spacial score (nSPS) is 15.4. The first-order valence-electron chi connectivity index (χ1n) is 12.5. The van der Waals surface area contributed by atoms with Crippen LogP contribution in [0.15, 0.2) is 115 Å². The van der Waals surface area contributed by atoms with E-state index in [1.807, 2.05) is 103 Å². The van der Waals surface area contributed by atoms with Gasteiger partial charge in [0.1, 0.15) is 40.2 Å². The maximum atomic E-state index is 6.68. The van der Waals surface area contributed by atoms with Crippen LogP contribution in [0, 0.1) is 0 Å². The average Bonchev–Trinajstić information content (AvgIpc) is 2.95. The quantitative estimate of drug-likeness (QED) is 0.221. The maximum absolute atomic E-state index is 6.68. The van der Waals surface area contributed by atoms with E-state index in [0.29, 0.717) is 11.5 Å². The van der Waals surface area contributed by atoms with Gasteiger partial charge in [-0.3, -0.25) is 0 Å². The predicted molar refractivity (Wildman–Crippen MR) is 145 cm³/mol. The van der Waals surface area contributed by atoms with Crippen LogP contribution in [0.1, 0.15) is 22.3 Å². The molecule has 0 N–H and O–H groups in total. The Morgan fingerprint density at radius 3 is 1.55 bits per heavy atom. The summed E-state index contributed by atoms with van der Waals surface area (Å²) in [6.07, 6.45) is 0.259. The minimum atomic E-state index is -1.51. The number of benzene rings is 5. The van der Waals surface area contributed by atoms with Crippen LogP contribution in [0.2, 0.25) is 0 Å². The smallest absolute Gasteiger partial charge is 0.331 e. The van der Waals surface area contributed by atoms with E-state index >= 15 is 0 Å². The summed E-state index contributed by atoms with van der Waals surface area (Å²) in [5, 5.41) is 0. The number of para-hydroxylation sites is 3. The summed E-state index contributed by atoms with van der Waals surface area (Å²) >= 11 is 0. The molecule has 0 aliphatic carbocycles. The van der Waals surface area contributed by atoms with E-state index < -0.39 is 13.8 Å². The highest BCUT2D eigenvalue weighted by atomic mass is 31.2. The van der Waals surface area contributed by atoms with Gasteiger partial charge < -0.3 is 23.3 Å². The molecule has 0 atom stereocenters. The van der Waals surface area contributed by atoms with Crippen LogP contribution in [0.25, 0.3) is 0 Å². The number of hydrogen-bond acceptors (Lipinski definition) is 5. The fraction of sp³-hybridized carbons (Fsp3) is 0.0625. The Bertz CT molecular complexity index is 1600. The third-order valence-electron chi connectivity index (χ3n) is 7.23. The molecule has 5 aromatic rings. The monoisotopic (exact) mass is 516 g/mol. The van der Waals surface area contributed by atoms with Crippen molar-refractivity contribution in [2.75, 3.05) is 6.35 Å². The highest BCUT2D eigenvalue weighted by Gasteiger charge is 2.55. The molecular formula is C32H21O5P. The van der Waals surface area contributed by atoms with Gasteiger partial charge >= 0.3 is 8.38 Å². The van der Waals surface area contributed by atoms with E-state index in [0.717, 1.165) is 51.0 Å². The predicted octanol–water partition coefficient (Wildman–Crippen LogP) is 8.40. The van der Waals surface area contributed by atoms with E-state index in [1.54, 1.807) is 0 Å². The maximum Gasteiger partial charge on any atom is 0.331 e. The molecule has 0 bridgehead atoms. The molecule has 0 fully saturated rings. The van der Waals surface area contributed by atoms with Crippen LogP contribution in [0.4, 0.5) is 0 Å². The van der Waals surface area contributed by atoms with Gasteiger partial charge in [0.25, 0.3) is 0 Å². The van der Waals surface area contributed by atoms with Crippen LogP contribution in [-0.2, 0) is 5.41 Å². The third-order valence-corrected chi connectivity index (χ3v) is 8.37. The summed E-state index contributed by atoms with van der Waals surface area (Å²) in [6, 6.07) is 38.0. The summed E-state index contributed by atoms with van der Waals surface area (Å²) in [4.78, 5) is 0. The zero-order chi connectivity index (χ0) is 25.1. The second-order valence-electron chi connectivity index (χ2n) is 9.31. The number of rotatable bonds is 3. The Morgan fingerprint density at radius 1 is 0.500 bits per heavy atom. The topological polar surface area (TPSA) is 46.2 Å². The Morgan fingerprint density at radius 2 is 0.974 bits per heavy atom. The van der Waals surface area contributed by atoms with Crippen molar-refractivity contribution >= 4 is 8.38 Å². The van der Waals surface area contributed by atoms with E-state index in [1.165, 1.54) is 0 Å². The summed E-state index contributed by atoms with van der Waals surface area (Å²) < 4.78 is 32.5. The largest absolute Gasteiger partial charge is 0.482 e. The SMILES string of the molecule is c1ccc(OCP2Oc3cccc4c3C3(c5ccccc5O4)c4ccccc4Oc4cccc(c43)O2)cc1. The average molecular weight is 516 g/mol. The van der Waals surface area contributed by atoms with Gasteiger partial charge in [0.15, 0.2) is 6.35 Å². The molecule has 5 aromatic carbocycles. The fourth-order valence-electron chi connectivity index (χ4n) is 5.79. The standard InChI is InChI=1S/C32H21O5P/c1-2-10-21(11-3-1)33-20-38-36-28-18-8-16-26-30(28)32(22-12-4-6-14-24(22)34-26)23-13-5-7-15-25(23)35-27-17-9-19-29(37-38)31(27)32/h1-19H,20H2. The van der Waals surface area contributed by atoms with E-state index in [-0.39, 0.29) is 6.35 Å². The first-order chi connectivity index (χ1) is 18.8. The second-order valence-corrected chi connectivity index (χ2v) is 10.6. The van der Waals surface area contributed by atoms with E-state index in [4.69, 9.17) is 23.3 Å². The minimum absolute atomic E-state index is 0.259. The molecule has 0 amide bonds. The molecule has 184 valence electrons. The molecule has 38 heavy (non-hydrogen) atoms. The molecule has 3 aliphatic rings. The highest BCUT2D eigenvalue weighted by molar-refractivity contribution is 7.47. The second kappa shape index (κ2) is 8.27. The summed E-state index contributed by atoms with van der Waals surface area (Å²) in [5.41, 5.74) is 3.16. The van der Waals surface area contributed by atoms with Gasteiger partial charge in [-0.05, 0) is 48.5 Å². The minimum Gasteiger partial charge on any atom is -0.482 e. The van der Waals surface area contributed by atoms with Crippen LogP contribution in [0.3, 0.4) is 0 Å². The van der Waals surface area contributed by atoms with Crippen LogP contribution >= 0.6 is 8.38 Å². The van der Waals surface area contributed by atoms with Gasteiger partial charge in [0, 0.05) is 11.1 Å². The molecule has 0 radical (unpaired) electrons. The van der Waals surface area contributed by atoms with Crippen molar-refractivity contribution < 1.29 is 23.3 Å². The van der Waals surface area contributed by atoms with Crippen molar-refractivity contribution in [2.45, 2.75) is 5.41 Å². The first kappa shape index (κ1) is 21.6. The molecule has 0 unspecified atom stereocenters. The zero-order valence-corrected chi connectivity index (χ0v) is 21.1. The molecule has 1 spiro atoms.